The molecule has 4 heteroatoms. The number of aliphatic hydroxyl groups excluding tert-OH is 2. The maximum atomic E-state index is 9.58. The van der Waals surface area contributed by atoms with Gasteiger partial charge in [0.1, 0.15) is 0 Å². The van der Waals surface area contributed by atoms with Crippen LogP contribution in [0.15, 0.2) is 18.2 Å². The van der Waals surface area contributed by atoms with Gasteiger partial charge in [0.25, 0.3) is 0 Å². The topological polar surface area (TPSA) is 40.5 Å². The van der Waals surface area contributed by atoms with E-state index in [0.29, 0.717) is 16.5 Å². The lowest BCUT2D eigenvalue weighted by atomic mass is 9.93. The fourth-order valence-electron chi connectivity index (χ4n) is 1.55. The van der Waals surface area contributed by atoms with E-state index < -0.39 is 12.2 Å². The highest BCUT2D eigenvalue weighted by Gasteiger charge is 2.16. The lowest BCUT2D eigenvalue weighted by Gasteiger charge is -2.19. The molecular weight excluding hydrogens is 247 g/mol. The second-order valence-corrected chi connectivity index (χ2v) is 5.02. The Morgan fingerprint density at radius 1 is 1.06 bits per heavy atom. The van der Waals surface area contributed by atoms with E-state index >= 15 is 0 Å². The summed E-state index contributed by atoms with van der Waals surface area (Å²) >= 11 is 11.8. The van der Waals surface area contributed by atoms with Crippen LogP contribution in [-0.4, -0.2) is 22.4 Å². The Morgan fingerprint density at radius 3 is 2.00 bits per heavy atom. The summed E-state index contributed by atoms with van der Waals surface area (Å²) < 4.78 is 0. The Bertz CT molecular complexity index is 333. The van der Waals surface area contributed by atoms with E-state index in [9.17, 15) is 10.2 Å². The van der Waals surface area contributed by atoms with Gasteiger partial charge in [0.05, 0.1) is 12.2 Å². The summed E-state index contributed by atoms with van der Waals surface area (Å²) in [6.45, 7) is 3.54. The van der Waals surface area contributed by atoms with Crippen LogP contribution in [-0.2, 0) is 0 Å². The molecule has 0 saturated carbocycles. The molecule has 0 radical (unpaired) electrons. The molecular formula is C12H16Cl2O2. The van der Waals surface area contributed by atoms with Crippen LogP contribution in [0.5, 0.6) is 0 Å². The van der Waals surface area contributed by atoms with Gasteiger partial charge in [-0.1, -0.05) is 30.1 Å². The molecule has 1 aromatic rings. The zero-order chi connectivity index (χ0) is 12.3. The summed E-state index contributed by atoms with van der Waals surface area (Å²) in [7, 11) is 0. The monoisotopic (exact) mass is 262 g/mol. The average Bonchev–Trinajstić information content (AvgIpc) is 2.15. The Morgan fingerprint density at radius 2 is 1.56 bits per heavy atom. The molecule has 0 bridgehead atoms. The highest BCUT2D eigenvalue weighted by atomic mass is 35.5. The summed E-state index contributed by atoms with van der Waals surface area (Å²) in [5.41, 5.74) is 0.970. The molecule has 0 amide bonds. The first-order chi connectivity index (χ1) is 7.40. The average molecular weight is 263 g/mol. The smallest absolute Gasteiger partial charge is 0.0802 e. The van der Waals surface area contributed by atoms with Gasteiger partial charge in [-0.3, -0.25) is 0 Å². The van der Waals surface area contributed by atoms with Gasteiger partial charge in [0, 0.05) is 10.0 Å². The zero-order valence-electron chi connectivity index (χ0n) is 9.32. The molecule has 0 fully saturated rings. The van der Waals surface area contributed by atoms with Crippen molar-refractivity contribution in [1.82, 2.24) is 0 Å². The molecule has 3 atom stereocenters. The van der Waals surface area contributed by atoms with E-state index in [1.807, 2.05) is 19.1 Å². The van der Waals surface area contributed by atoms with Crippen LogP contribution >= 0.6 is 23.2 Å². The quantitative estimate of drug-likeness (QED) is 0.875. The van der Waals surface area contributed by atoms with E-state index in [2.05, 4.69) is 0 Å². The fourth-order valence-corrected chi connectivity index (χ4v) is 2.10. The summed E-state index contributed by atoms with van der Waals surface area (Å²) in [6.07, 6.45) is -0.973. The highest BCUT2D eigenvalue weighted by molar-refractivity contribution is 6.34. The Kier molecular flexibility index (Phi) is 5.06. The van der Waals surface area contributed by atoms with Crippen molar-refractivity contribution in [1.29, 1.82) is 0 Å². The summed E-state index contributed by atoms with van der Waals surface area (Å²) in [5.74, 6) is 0.0980. The van der Waals surface area contributed by atoms with Crippen LogP contribution < -0.4 is 0 Å². The Balaban J connectivity index is 2.76. The van der Waals surface area contributed by atoms with Gasteiger partial charge in [-0.15, -0.1) is 0 Å². The molecule has 1 aromatic carbocycles. The van der Waals surface area contributed by atoms with Crippen molar-refractivity contribution in [2.75, 3.05) is 0 Å². The van der Waals surface area contributed by atoms with Crippen molar-refractivity contribution >= 4 is 23.2 Å². The molecule has 0 heterocycles. The van der Waals surface area contributed by atoms with Crippen molar-refractivity contribution in [3.8, 4) is 0 Å². The molecule has 0 aliphatic heterocycles. The van der Waals surface area contributed by atoms with E-state index in [1.165, 1.54) is 0 Å². The van der Waals surface area contributed by atoms with Crippen molar-refractivity contribution in [3.63, 3.8) is 0 Å². The van der Waals surface area contributed by atoms with E-state index in [4.69, 9.17) is 23.2 Å². The predicted molar refractivity (Wildman–Crippen MR) is 67.2 cm³/mol. The number of hydrogen-bond acceptors (Lipinski definition) is 2. The van der Waals surface area contributed by atoms with Crippen molar-refractivity contribution < 1.29 is 10.2 Å². The highest BCUT2D eigenvalue weighted by Crippen LogP contribution is 2.27. The molecule has 1 rings (SSSR count). The van der Waals surface area contributed by atoms with Crippen LogP contribution in [0.2, 0.25) is 10.0 Å². The van der Waals surface area contributed by atoms with Crippen molar-refractivity contribution in [3.05, 3.63) is 33.8 Å². The van der Waals surface area contributed by atoms with Crippen molar-refractivity contribution in [2.45, 2.75) is 38.4 Å². The molecule has 0 aliphatic rings. The third-order valence-corrected chi connectivity index (χ3v) is 3.04. The van der Waals surface area contributed by atoms with Gasteiger partial charge in [0.15, 0.2) is 0 Å². The number of hydrogen-bond donors (Lipinski definition) is 2. The molecule has 2 nitrogen and oxygen atoms in total. The van der Waals surface area contributed by atoms with Gasteiger partial charge in [-0.2, -0.15) is 0 Å². The summed E-state index contributed by atoms with van der Waals surface area (Å²) in [5, 5.41) is 20.0. The lowest BCUT2D eigenvalue weighted by molar-refractivity contribution is 0.0227. The largest absolute Gasteiger partial charge is 0.391 e. The molecule has 0 saturated heterocycles. The van der Waals surface area contributed by atoms with Gasteiger partial charge in [-0.05, 0) is 43.0 Å². The minimum absolute atomic E-state index is 0.0980. The van der Waals surface area contributed by atoms with Crippen LogP contribution in [0, 0.1) is 0 Å². The summed E-state index contributed by atoms with van der Waals surface area (Å²) in [4.78, 5) is 0. The fraction of sp³-hybridized carbons (Fsp3) is 0.500. The van der Waals surface area contributed by atoms with Crippen LogP contribution in [0.4, 0.5) is 0 Å². The second kappa shape index (κ2) is 5.87. The Hall–Kier alpha value is -0.280. The number of halogens is 2. The minimum Gasteiger partial charge on any atom is -0.391 e. The predicted octanol–water partition coefficient (Wildman–Crippen LogP) is 3.23. The maximum Gasteiger partial charge on any atom is 0.0802 e. The SMILES string of the molecule is CC(CC(O)C(C)O)c1cc(Cl)cc(Cl)c1. The second-order valence-electron chi connectivity index (χ2n) is 4.15. The number of aliphatic hydroxyl groups is 2. The maximum absolute atomic E-state index is 9.58. The third kappa shape index (κ3) is 3.95. The molecule has 3 unspecified atom stereocenters. The normalized spacial score (nSPS) is 16.9. The first-order valence-electron chi connectivity index (χ1n) is 5.22. The number of rotatable bonds is 4. The van der Waals surface area contributed by atoms with E-state index in [1.54, 1.807) is 13.0 Å². The standard InChI is InChI=1S/C12H16Cl2O2/c1-7(3-12(16)8(2)15)9-4-10(13)6-11(14)5-9/h4-8,12,15-16H,3H2,1-2H3. The van der Waals surface area contributed by atoms with E-state index in [-0.39, 0.29) is 5.92 Å². The van der Waals surface area contributed by atoms with Gasteiger partial charge in [-0.25, -0.2) is 0 Å². The first-order valence-corrected chi connectivity index (χ1v) is 5.98. The lowest BCUT2D eigenvalue weighted by Crippen LogP contribution is -2.24. The molecule has 0 aliphatic carbocycles. The van der Waals surface area contributed by atoms with Crippen LogP contribution in [0.1, 0.15) is 31.7 Å². The molecule has 2 N–H and O–H groups in total. The van der Waals surface area contributed by atoms with Crippen LogP contribution in [0.25, 0.3) is 0 Å². The number of benzene rings is 1. The van der Waals surface area contributed by atoms with Crippen molar-refractivity contribution in [2.24, 2.45) is 0 Å². The molecule has 90 valence electrons. The minimum atomic E-state index is -0.729. The zero-order valence-corrected chi connectivity index (χ0v) is 10.8. The molecule has 0 spiro atoms. The van der Waals surface area contributed by atoms with Crippen LogP contribution in [0.3, 0.4) is 0 Å². The molecule has 0 aromatic heterocycles. The summed E-state index contributed by atoms with van der Waals surface area (Å²) in [6, 6.07) is 5.32. The first kappa shape index (κ1) is 13.8. The van der Waals surface area contributed by atoms with E-state index in [0.717, 1.165) is 5.56 Å². The van der Waals surface area contributed by atoms with Gasteiger partial charge >= 0.3 is 0 Å². The van der Waals surface area contributed by atoms with Gasteiger partial charge < -0.3 is 10.2 Å². The van der Waals surface area contributed by atoms with Gasteiger partial charge in [0.2, 0.25) is 0 Å². The Labute approximate surface area is 106 Å². The third-order valence-electron chi connectivity index (χ3n) is 2.61. The molecule has 16 heavy (non-hydrogen) atoms.